The summed E-state index contributed by atoms with van der Waals surface area (Å²) in [5.41, 5.74) is 6.42. The molecule has 25 heavy (non-hydrogen) atoms. The number of carbonyl (C=O) groups is 2. The van der Waals surface area contributed by atoms with Crippen LogP contribution in [0.3, 0.4) is 0 Å². The van der Waals surface area contributed by atoms with Crippen molar-refractivity contribution in [2.45, 2.75) is 12.3 Å². The SMILES string of the molecule is O=C(NC(=S)NNC(=O)[C@H]1C[C@@H]1c1ccccc1)c1ccc(F)cc1. The quantitative estimate of drug-likeness (QED) is 0.582. The number of benzene rings is 2. The van der Waals surface area contributed by atoms with E-state index in [0.29, 0.717) is 0 Å². The van der Waals surface area contributed by atoms with E-state index in [2.05, 4.69) is 16.2 Å². The van der Waals surface area contributed by atoms with Crippen molar-refractivity contribution in [3.63, 3.8) is 0 Å². The molecule has 1 saturated carbocycles. The highest BCUT2D eigenvalue weighted by atomic mass is 32.1. The van der Waals surface area contributed by atoms with Crippen LogP contribution in [0.15, 0.2) is 54.6 Å². The molecule has 2 aromatic carbocycles. The van der Waals surface area contributed by atoms with Crippen molar-refractivity contribution >= 4 is 29.1 Å². The predicted molar refractivity (Wildman–Crippen MR) is 95.0 cm³/mol. The third kappa shape index (κ3) is 4.39. The second kappa shape index (κ2) is 7.40. The number of hydrogen-bond acceptors (Lipinski definition) is 3. The van der Waals surface area contributed by atoms with Crippen LogP contribution in [-0.2, 0) is 4.79 Å². The maximum atomic E-state index is 12.8. The zero-order chi connectivity index (χ0) is 17.8. The zero-order valence-corrected chi connectivity index (χ0v) is 14.0. The smallest absolute Gasteiger partial charge is 0.257 e. The van der Waals surface area contributed by atoms with Gasteiger partial charge < -0.3 is 0 Å². The first kappa shape index (κ1) is 17.0. The summed E-state index contributed by atoms with van der Waals surface area (Å²) in [6.07, 6.45) is 0.784. The molecular formula is C18H16FN3O2S. The Bertz CT molecular complexity index is 796. The fourth-order valence-electron chi connectivity index (χ4n) is 2.57. The van der Waals surface area contributed by atoms with E-state index in [1.54, 1.807) is 0 Å². The lowest BCUT2D eigenvalue weighted by molar-refractivity contribution is -0.123. The number of thiocarbonyl (C=S) groups is 1. The minimum atomic E-state index is -0.486. The van der Waals surface area contributed by atoms with Gasteiger partial charge in [-0.3, -0.25) is 25.8 Å². The van der Waals surface area contributed by atoms with Gasteiger partial charge in [-0.1, -0.05) is 30.3 Å². The van der Waals surface area contributed by atoms with Gasteiger partial charge >= 0.3 is 0 Å². The monoisotopic (exact) mass is 357 g/mol. The van der Waals surface area contributed by atoms with Crippen LogP contribution in [0.4, 0.5) is 4.39 Å². The van der Waals surface area contributed by atoms with E-state index in [1.165, 1.54) is 24.3 Å². The number of hydrogen-bond donors (Lipinski definition) is 3. The zero-order valence-electron chi connectivity index (χ0n) is 13.2. The van der Waals surface area contributed by atoms with Gasteiger partial charge in [0.15, 0.2) is 5.11 Å². The summed E-state index contributed by atoms with van der Waals surface area (Å²) in [5.74, 6) is -0.981. The molecule has 3 rings (SSSR count). The van der Waals surface area contributed by atoms with E-state index in [0.717, 1.165) is 12.0 Å². The van der Waals surface area contributed by atoms with Crippen LogP contribution in [0.5, 0.6) is 0 Å². The maximum Gasteiger partial charge on any atom is 0.257 e. The molecule has 0 spiro atoms. The summed E-state index contributed by atoms with van der Waals surface area (Å²) in [6.45, 7) is 0. The molecule has 0 unspecified atom stereocenters. The Hall–Kier alpha value is -2.80. The number of halogens is 1. The number of rotatable bonds is 3. The van der Waals surface area contributed by atoms with Crippen LogP contribution >= 0.6 is 12.2 Å². The standard InChI is InChI=1S/C18H16FN3O2S/c19-13-8-6-12(7-9-13)16(23)20-18(25)22-21-17(24)15-10-14(15)11-4-2-1-3-5-11/h1-9,14-15H,10H2,(H,21,24)(H2,20,22,23,25)/t14-,15+/m1/s1. The van der Waals surface area contributed by atoms with Crippen LogP contribution in [-0.4, -0.2) is 16.9 Å². The fraction of sp³-hybridized carbons (Fsp3) is 0.167. The first-order valence-corrected chi connectivity index (χ1v) is 8.17. The maximum absolute atomic E-state index is 12.8. The molecule has 2 amide bonds. The fourth-order valence-corrected chi connectivity index (χ4v) is 2.72. The third-order valence-electron chi connectivity index (χ3n) is 3.99. The summed E-state index contributed by atoms with van der Waals surface area (Å²) < 4.78 is 12.8. The van der Waals surface area contributed by atoms with Crippen molar-refractivity contribution in [3.8, 4) is 0 Å². The van der Waals surface area contributed by atoms with E-state index < -0.39 is 11.7 Å². The lowest BCUT2D eigenvalue weighted by Crippen LogP contribution is -2.49. The van der Waals surface area contributed by atoms with Gasteiger partial charge in [0.1, 0.15) is 5.82 Å². The Morgan fingerprint density at radius 3 is 2.36 bits per heavy atom. The van der Waals surface area contributed by atoms with E-state index in [-0.39, 0.29) is 28.4 Å². The molecule has 2 aromatic rings. The van der Waals surface area contributed by atoms with Crippen LogP contribution < -0.4 is 16.2 Å². The highest BCUT2D eigenvalue weighted by molar-refractivity contribution is 7.80. The summed E-state index contributed by atoms with van der Waals surface area (Å²) in [7, 11) is 0. The summed E-state index contributed by atoms with van der Waals surface area (Å²) in [6, 6.07) is 14.9. The van der Waals surface area contributed by atoms with Crippen LogP contribution in [0.1, 0.15) is 28.3 Å². The normalized spacial score (nSPS) is 18.1. The van der Waals surface area contributed by atoms with E-state index in [4.69, 9.17) is 12.2 Å². The molecule has 0 saturated heterocycles. The van der Waals surface area contributed by atoms with Gasteiger partial charge in [0.05, 0.1) is 0 Å². The lowest BCUT2D eigenvalue weighted by Gasteiger charge is -2.10. The first-order chi connectivity index (χ1) is 12.0. The number of amides is 2. The molecule has 0 aliphatic heterocycles. The molecule has 2 atom stereocenters. The topological polar surface area (TPSA) is 70.2 Å². The first-order valence-electron chi connectivity index (χ1n) is 7.76. The highest BCUT2D eigenvalue weighted by Gasteiger charge is 2.43. The van der Waals surface area contributed by atoms with Crippen LogP contribution in [0, 0.1) is 11.7 Å². The molecule has 1 aliphatic rings. The molecule has 0 bridgehead atoms. The van der Waals surface area contributed by atoms with E-state index in [9.17, 15) is 14.0 Å². The third-order valence-corrected chi connectivity index (χ3v) is 4.19. The Morgan fingerprint density at radius 1 is 1.00 bits per heavy atom. The molecule has 1 aliphatic carbocycles. The van der Waals surface area contributed by atoms with Gasteiger partial charge in [-0.05, 0) is 54.4 Å². The predicted octanol–water partition coefficient (Wildman–Crippen LogP) is 2.26. The molecule has 7 heteroatoms. The van der Waals surface area contributed by atoms with Crippen molar-refractivity contribution in [2.75, 3.05) is 0 Å². The van der Waals surface area contributed by atoms with Gasteiger partial charge in [-0.2, -0.15) is 0 Å². The molecule has 0 aromatic heterocycles. The lowest BCUT2D eigenvalue weighted by atomic mass is 10.1. The molecule has 1 fully saturated rings. The van der Waals surface area contributed by atoms with Gasteiger partial charge in [0.25, 0.3) is 5.91 Å². The molecule has 5 nitrogen and oxygen atoms in total. The van der Waals surface area contributed by atoms with E-state index >= 15 is 0 Å². The van der Waals surface area contributed by atoms with Crippen molar-refractivity contribution in [3.05, 3.63) is 71.5 Å². The molecule has 0 radical (unpaired) electrons. The average molecular weight is 357 g/mol. The van der Waals surface area contributed by atoms with Gasteiger partial charge in [-0.25, -0.2) is 4.39 Å². The summed E-state index contributed by atoms with van der Waals surface area (Å²) >= 11 is 4.97. The summed E-state index contributed by atoms with van der Waals surface area (Å²) in [5, 5.41) is 2.39. The Kier molecular flexibility index (Phi) is 5.04. The molecular weight excluding hydrogens is 341 g/mol. The van der Waals surface area contributed by atoms with Gasteiger partial charge in [-0.15, -0.1) is 0 Å². The largest absolute Gasteiger partial charge is 0.298 e. The second-order valence-corrected chi connectivity index (χ2v) is 6.17. The minimum absolute atomic E-state index is 0.0282. The highest BCUT2D eigenvalue weighted by Crippen LogP contribution is 2.47. The van der Waals surface area contributed by atoms with Gasteiger partial charge in [0, 0.05) is 11.5 Å². The van der Waals surface area contributed by atoms with Crippen molar-refractivity contribution in [2.24, 2.45) is 5.92 Å². The average Bonchev–Trinajstić information content (AvgIpc) is 3.42. The number of hydrazine groups is 1. The molecule has 128 valence electrons. The van der Waals surface area contributed by atoms with Crippen LogP contribution in [0.25, 0.3) is 0 Å². The van der Waals surface area contributed by atoms with Crippen LogP contribution in [0.2, 0.25) is 0 Å². The number of nitrogens with one attached hydrogen (secondary N) is 3. The van der Waals surface area contributed by atoms with Crippen molar-refractivity contribution < 1.29 is 14.0 Å². The molecule has 3 N–H and O–H groups in total. The molecule has 0 heterocycles. The van der Waals surface area contributed by atoms with E-state index in [1.807, 2.05) is 30.3 Å². The van der Waals surface area contributed by atoms with Crippen molar-refractivity contribution in [1.29, 1.82) is 0 Å². The Labute approximate surface area is 149 Å². The number of carbonyl (C=O) groups excluding carboxylic acids is 2. The summed E-state index contributed by atoms with van der Waals surface area (Å²) in [4.78, 5) is 24.0. The Morgan fingerprint density at radius 2 is 1.68 bits per heavy atom. The Balaban J connectivity index is 1.44. The van der Waals surface area contributed by atoms with Gasteiger partial charge in [0.2, 0.25) is 5.91 Å². The minimum Gasteiger partial charge on any atom is -0.298 e. The second-order valence-electron chi connectivity index (χ2n) is 5.76. The van der Waals surface area contributed by atoms with Crippen molar-refractivity contribution in [1.82, 2.24) is 16.2 Å².